The highest BCUT2D eigenvalue weighted by Gasteiger charge is 2.24. The number of nitrogens with zero attached hydrogens (tertiary/aromatic N) is 3. The van der Waals surface area contributed by atoms with Crippen molar-refractivity contribution in [2.75, 3.05) is 0 Å². The first-order valence-corrected chi connectivity index (χ1v) is 5.31. The van der Waals surface area contributed by atoms with Crippen LogP contribution in [0.15, 0.2) is 18.2 Å². The number of carboxylic acids is 1. The summed E-state index contributed by atoms with van der Waals surface area (Å²) in [6, 6.07) is 5.08. The molecule has 0 atom stereocenters. The Morgan fingerprint density at radius 2 is 2.31 bits per heavy atom. The second kappa shape index (κ2) is 3.30. The summed E-state index contributed by atoms with van der Waals surface area (Å²) in [7, 11) is 0. The summed E-state index contributed by atoms with van der Waals surface area (Å²) in [6.07, 6.45) is 2.41. The third kappa shape index (κ3) is 1.44. The van der Waals surface area contributed by atoms with Crippen molar-refractivity contribution in [1.29, 1.82) is 0 Å². The number of rotatable bonds is 3. The maximum absolute atomic E-state index is 11.1. The minimum absolute atomic E-state index is 0.281. The predicted molar refractivity (Wildman–Crippen MR) is 57.2 cm³/mol. The highest BCUT2D eigenvalue weighted by atomic mass is 16.4. The molecule has 1 aromatic heterocycles. The van der Waals surface area contributed by atoms with Crippen molar-refractivity contribution in [3.05, 3.63) is 23.8 Å². The molecule has 0 unspecified atom stereocenters. The van der Waals surface area contributed by atoms with Crippen LogP contribution in [0, 0.1) is 5.92 Å². The van der Waals surface area contributed by atoms with Crippen molar-refractivity contribution in [3.8, 4) is 0 Å². The summed E-state index contributed by atoms with van der Waals surface area (Å²) in [5.41, 5.74) is 1.57. The van der Waals surface area contributed by atoms with E-state index in [1.807, 2.05) is 0 Å². The number of fused-ring (bicyclic) bond motifs is 1. The summed E-state index contributed by atoms with van der Waals surface area (Å²) in [6.45, 7) is 0.779. The first kappa shape index (κ1) is 9.33. The number of para-hydroxylation sites is 1. The Morgan fingerprint density at radius 1 is 1.50 bits per heavy atom. The van der Waals surface area contributed by atoms with E-state index >= 15 is 0 Å². The number of hydrogen-bond donors (Lipinski definition) is 1. The van der Waals surface area contributed by atoms with Gasteiger partial charge in [-0.25, -0.2) is 9.48 Å². The Balaban J connectivity index is 2.16. The van der Waals surface area contributed by atoms with Gasteiger partial charge in [0.05, 0.1) is 5.56 Å². The van der Waals surface area contributed by atoms with Crippen LogP contribution >= 0.6 is 0 Å². The minimum Gasteiger partial charge on any atom is -0.478 e. The van der Waals surface area contributed by atoms with E-state index in [1.54, 1.807) is 22.9 Å². The molecule has 0 radical (unpaired) electrons. The van der Waals surface area contributed by atoms with E-state index in [9.17, 15) is 4.79 Å². The lowest BCUT2D eigenvalue weighted by Crippen LogP contribution is -2.06. The smallest absolute Gasteiger partial charge is 0.337 e. The summed E-state index contributed by atoms with van der Waals surface area (Å²) in [5, 5.41) is 17.1. The van der Waals surface area contributed by atoms with Gasteiger partial charge < -0.3 is 5.11 Å². The molecule has 1 fully saturated rings. The van der Waals surface area contributed by atoms with Gasteiger partial charge in [0.2, 0.25) is 0 Å². The third-order valence-electron chi connectivity index (χ3n) is 2.89. The summed E-state index contributed by atoms with van der Waals surface area (Å²) in [5.74, 6) is -0.281. The summed E-state index contributed by atoms with van der Waals surface area (Å²) >= 11 is 0. The third-order valence-corrected chi connectivity index (χ3v) is 2.89. The molecular weight excluding hydrogens is 206 g/mol. The zero-order valence-electron chi connectivity index (χ0n) is 8.63. The Hall–Kier alpha value is -1.91. The van der Waals surface area contributed by atoms with Gasteiger partial charge in [0.15, 0.2) is 0 Å². The Bertz CT molecular complexity index is 557. The van der Waals surface area contributed by atoms with Crippen LogP contribution in [0.1, 0.15) is 23.2 Å². The van der Waals surface area contributed by atoms with Crippen molar-refractivity contribution in [2.24, 2.45) is 5.92 Å². The molecule has 1 aliphatic rings. The zero-order valence-corrected chi connectivity index (χ0v) is 8.63. The molecule has 1 heterocycles. The highest BCUT2D eigenvalue weighted by molar-refractivity contribution is 6.00. The lowest BCUT2D eigenvalue weighted by Gasteiger charge is -2.02. The van der Waals surface area contributed by atoms with Crippen LogP contribution in [0.2, 0.25) is 0 Å². The number of carbonyl (C=O) groups is 1. The van der Waals surface area contributed by atoms with E-state index in [0.717, 1.165) is 6.54 Å². The van der Waals surface area contributed by atoms with E-state index in [-0.39, 0.29) is 5.56 Å². The predicted octanol–water partition coefficient (Wildman–Crippen LogP) is 1.54. The average Bonchev–Trinajstić information content (AvgIpc) is 2.98. The van der Waals surface area contributed by atoms with Gasteiger partial charge >= 0.3 is 5.97 Å². The van der Waals surface area contributed by atoms with E-state index in [4.69, 9.17) is 5.11 Å². The molecule has 1 aliphatic carbocycles. The lowest BCUT2D eigenvalue weighted by atomic mass is 10.2. The standard InChI is InChI=1S/C11H11N3O2/c15-11(16)8-2-1-3-9-10(8)14(13-12-9)6-7-4-5-7/h1-3,7H,4-6H2,(H,15,16). The molecule has 0 amide bonds. The van der Waals surface area contributed by atoms with Gasteiger partial charge in [-0.15, -0.1) is 5.10 Å². The quantitative estimate of drug-likeness (QED) is 0.846. The number of benzene rings is 1. The SMILES string of the molecule is O=C(O)c1cccc2nnn(CC3CC3)c12. The number of aromatic carboxylic acids is 1. The fourth-order valence-corrected chi connectivity index (χ4v) is 1.88. The molecule has 1 aromatic carbocycles. The second-order valence-electron chi connectivity index (χ2n) is 4.19. The van der Waals surface area contributed by atoms with Crippen LogP contribution in [0.4, 0.5) is 0 Å². The first-order valence-electron chi connectivity index (χ1n) is 5.31. The molecular formula is C11H11N3O2. The monoisotopic (exact) mass is 217 g/mol. The summed E-state index contributed by atoms with van der Waals surface area (Å²) in [4.78, 5) is 11.1. The Morgan fingerprint density at radius 3 is 3.00 bits per heavy atom. The molecule has 1 saturated carbocycles. The summed E-state index contributed by atoms with van der Waals surface area (Å²) < 4.78 is 1.72. The molecule has 0 aliphatic heterocycles. The molecule has 0 spiro atoms. The van der Waals surface area contributed by atoms with Crippen molar-refractivity contribution in [1.82, 2.24) is 15.0 Å². The molecule has 0 bridgehead atoms. The first-order chi connectivity index (χ1) is 7.75. The fraction of sp³-hybridized carbons (Fsp3) is 0.364. The number of aromatic nitrogens is 3. The second-order valence-corrected chi connectivity index (χ2v) is 4.19. The van der Waals surface area contributed by atoms with Gasteiger partial charge in [-0.1, -0.05) is 11.3 Å². The molecule has 0 saturated heterocycles. The van der Waals surface area contributed by atoms with E-state index in [1.165, 1.54) is 12.8 Å². The van der Waals surface area contributed by atoms with Gasteiger partial charge in [0.1, 0.15) is 11.0 Å². The maximum Gasteiger partial charge on any atom is 0.337 e. The van der Waals surface area contributed by atoms with Gasteiger partial charge in [0, 0.05) is 6.54 Å². The largest absolute Gasteiger partial charge is 0.478 e. The van der Waals surface area contributed by atoms with Crippen LogP contribution in [0.25, 0.3) is 11.0 Å². The molecule has 82 valence electrons. The lowest BCUT2D eigenvalue weighted by molar-refractivity contribution is 0.0698. The topological polar surface area (TPSA) is 68.0 Å². The molecule has 5 nitrogen and oxygen atoms in total. The number of hydrogen-bond acceptors (Lipinski definition) is 3. The molecule has 2 aromatic rings. The van der Waals surface area contributed by atoms with Crippen LogP contribution in [-0.2, 0) is 6.54 Å². The van der Waals surface area contributed by atoms with Crippen LogP contribution < -0.4 is 0 Å². The van der Waals surface area contributed by atoms with Gasteiger partial charge in [-0.2, -0.15) is 0 Å². The van der Waals surface area contributed by atoms with Crippen molar-refractivity contribution >= 4 is 17.0 Å². The van der Waals surface area contributed by atoms with Gasteiger partial charge in [0.25, 0.3) is 0 Å². The van der Waals surface area contributed by atoms with E-state index in [0.29, 0.717) is 17.0 Å². The van der Waals surface area contributed by atoms with Crippen LogP contribution in [0.3, 0.4) is 0 Å². The van der Waals surface area contributed by atoms with Crippen LogP contribution in [-0.4, -0.2) is 26.1 Å². The van der Waals surface area contributed by atoms with Gasteiger partial charge in [-0.05, 0) is 30.9 Å². The molecule has 16 heavy (non-hydrogen) atoms. The minimum atomic E-state index is -0.926. The Kier molecular flexibility index (Phi) is 1.92. The normalized spacial score (nSPS) is 15.5. The van der Waals surface area contributed by atoms with Gasteiger partial charge in [-0.3, -0.25) is 0 Å². The highest BCUT2D eigenvalue weighted by Crippen LogP contribution is 2.31. The fourth-order valence-electron chi connectivity index (χ4n) is 1.88. The average molecular weight is 217 g/mol. The maximum atomic E-state index is 11.1. The number of carboxylic acid groups (broad SMARTS) is 1. The van der Waals surface area contributed by atoms with Crippen molar-refractivity contribution in [3.63, 3.8) is 0 Å². The van der Waals surface area contributed by atoms with Crippen LogP contribution in [0.5, 0.6) is 0 Å². The van der Waals surface area contributed by atoms with Crippen molar-refractivity contribution < 1.29 is 9.90 Å². The molecule has 1 N–H and O–H groups in total. The Labute approximate surface area is 91.7 Å². The van der Waals surface area contributed by atoms with E-state index in [2.05, 4.69) is 10.3 Å². The zero-order chi connectivity index (χ0) is 11.1. The van der Waals surface area contributed by atoms with E-state index < -0.39 is 5.97 Å². The molecule has 3 rings (SSSR count). The molecule has 5 heteroatoms. The van der Waals surface area contributed by atoms with Crippen molar-refractivity contribution in [2.45, 2.75) is 19.4 Å².